The van der Waals surface area contributed by atoms with Gasteiger partial charge in [-0.05, 0) is 46.0 Å². The standard InChI is InChI=1S/C14H23FN2/c1-11(16-10-12(2)17(3)4)9-13-7-5-6-8-14(13)15/h5-8,11-12,16H,9-10H2,1-4H3. The third-order valence-electron chi connectivity index (χ3n) is 3.13. The predicted molar refractivity (Wildman–Crippen MR) is 70.7 cm³/mol. The number of nitrogens with zero attached hydrogens (tertiary/aromatic N) is 1. The molecule has 1 aromatic carbocycles. The van der Waals surface area contributed by atoms with E-state index in [1.165, 1.54) is 6.07 Å². The Hall–Kier alpha value is -0.930. The van der Waals surface area contributed by atoms with E-state index in [1.807, 2.05) is 12.1 Å². The van der Waals surface area contributed by atoms with Gasteiger partial charge in [0.15, 0.2) is 0 Å². The van der Waals surface area contributed by atoms with E-state index >= 15 is 0 Å². The predicted octanol–water partition coefficient (Wildman–Crippen LogP) is 2.30. The number of likely N-dealkylation sites (N-methyl/N-ethyl adjacent to an activating group) is 1. The lowest BCUT2D eigenvalue weighted by Crippen LogP contribution is -2.40. The van der Waals surface area contributed by atoms with Gasteiger partial charge in [-0.3, -0.25) is 0 Å². The molecule has 0 saturated carbocycles. The van der Waals surface area contributed by atoms with Crippen molar-refractivity contribution in [2.45, 2.75) is 32.4 Å². The van der Waals surface area contributed by atoms with Gasteiger partial charge in [0.2, 0.25) is 0 Å². The highest BCUT2D eigenvalue weighted by molar-refractivity contribution is 5.18. The van der Waals surface area contributed by atoms with Crippen molar-refractivity contribution in [1.29, 1.82) is 0 Å². The lowest BCUT2D eigenvalue weighted by molar-refractivity contribution is 0.294. The fraction of sp³-hybridized carbons (Fsp3) is 0.571. The summed E-state index contributed by atoms with van der Waals surface area (Å²) in [5, 5.41) is 3.43. The Morgan fingerprint density at radius 2 is 1.88 bits per heavy atom. The van der Waals surface area contributed by atoms with Crippen molar-refractivity contribution in [3.05, 3.63) is 35.6 Å². The molecule has 0 aliphatic rings. The maximum absolute atomic E-state index is 13.4. The lowest BCUT2D eigenvalue weighted by atomic mass is 10.1. The number of nitrogens with one attached hydrogen (secondary N) is 1. The minimum absolute atomic E-state index is 0.109. The molecule has 0 aliphatic heterocycles. The summed E-state index contributed by atoms with van der Waals surface area (Å²) in [6.07, 6.45) is 0.729. The summed E-state index contributed by atoms with van der Waals surface area (Å²) in [4.78, 5) is 2.17. The zero-order chi connectivity index (χ0) is 12.8. The molecule has 0 fully saturated rings. The summed E-state index contributed by atoms with van der Waals surface area (Å²) >= 11 is 0. The molecule has 96 valence electrons. The van der Waals surface area contributed by atoms with E-state index < -0.39 is 0 Å². The zero-order valence-electron chi connectivity index (χ0n) is 11.2. The van der Waals surface area contributed by atoms with Crippen molar-refractivity contribution in [2.75, 3.05) is 20.6 Å². The summed E-state index contributed by atoms with van der Waals surface area (Å²) in [7, 11) is 4.13. The highest BCUT2D eigenvalue weighted by Gasteiger charge is 2.09. The molecule has 1 rings (SSSR count). The molecule has 0 radical (unpaired) electrons. The van der Waals surface area contributed by atoms with E-state index in [2.05, 4.69) is 38.2 Å². The number of halogens is 1. The first kappa shape index (κ1) is 14.1. The van der Waals surface area contributed by atoms with Gasteiger partial charge in [-0.1, -0.05) is 18.2 Å². The molecule has 0 bridgehead atoms. The second kappa shape index (κ2) is 6.72. The Balaban J connectivity index is 2.40. The SMILES string of the molecule is CC(Cc1ccccc1F)NCC(C)N(C)C. The lowest BCUT2D eigenvalue weighted by Gasteiger charge is -2.23. The van der Waals surface area contributed by atoms with Crippen LogP contribution in [0, 0.1) is 5.82 Å². The topological polar surface area (TPSA) is 15.3 Å². The molecule has 3 heteroatoms. The van der Waals surface area contributed by atoms with Crippen LogP contribution in [0.4, 0.5) is 4.39 Å². The highest BCUT2D eigenvalue weighted by atomic mass is 19.1. The van der Waals surface area contributed by atoms with Crippen LogP contribution in [0.3, 0.4) is 0 Å². The smallest absolute Gasteiger partial charge is 0.126 e. The summed E-state index contributed by atoms with van der Waals surface area (Å²) in [6.45, 7) is 5.18. The van der Waals surface area contributed by atoms with Crippen LogP contribution >= 0.6 is 0 Å². The number of benzene rings is 1. The van der Waals surface area contributed by atoms with Crippen molar-refractivity contribution in [3.63, 3.8) is 0 Å². The Morgan fingerprint density at radius 1 is 1.24 bits per heavy atom. The van der Waals surface area contributed by atoms with Crippen LogP contribution in [0.15, 0.2) is 24.3 Å². The Kier molecular flexibility index (Phi) is 5.59. The summed E-state index contributed by atoms with van der Waals surface area (Å²) in [5.74, 6) is -0.109. The third kappa shape index (κ3) is 4.84. The molecule has 0 amide bonds. The van der Waals surface area contributed by atoms with Crippen molar-refractivity contribution in [3.8, 4) is 0 Å². The maximum Gasteiger partial charge on any atom is 0.126 e. The number of hydrogen-bond acceptors (Lipinski definition) is 2. The van der Waals surface area contributed by atoms with E-state index in [4.69, 9.17) is 0 Å². The fourth-order valence-electron chi connectivity index (χ4n) is 1.62. The Morgan fingerprint density at radius 3 is 2.47 bits per heavy atom. The zero-order valence-corrected chi connectivity index (χ0v) is 11.2. The molecule has 0 saturated heterocycles. The molecule has 0 spiro atoms. The molecule has 2 unspecified atom stereocenters. The quantitative estimate of drug-likeness (QED) is 0.818. The van der Waals surface area contributed by atoms with Crippen molar-refractivity contribution in [2.24, 2.45) is 0 Å². The van der Waals surface area contributed by atoms with E-state index in [9.17, 15) is 4.39 Å². The average Bonchev–Trinajstić information content (AvgIpc) is 2.29. The maximum atomic E-state index is 13.4. The largest absolute Gasteiger partial charge is 0.312 e. The van der Waals surface area contributed by atoms with Crippen LogP contribution in [-0.4, -0.2) is 37.6 Å². The first-order valence-electron chi connectivity index (χ1n) is 6.14. The molecule has 17 heavy (non-hydrogen) atoms. The fourth-order valence-corrected chi connectivity index (χ4v) is 1.62. The highest BCUT2D eigenvalue weighted by Crippen LogP contribution is 2.09. The molecule has 2 atom stereocenters. The van der Waals surface area contributed by atoms with Crippen molar-refractivity contribution in [1.82, 2.24) is 10.2 Å². The summed E-state index contributed by atoms with van der Waals surface area (Å²) in [5.41, 5.74) is 0.782. The van der Waals surface area contributed by atoms with Gasteiger partial charge in [0, 0.05) is 18.6 Å². The van der Waals surface area contributed by atoms with Gasteiger partial charge in [-0.15, -0.1) is 0 Å². The van der Waals surface area contributed by atoms with E-state index in [-0.39, 0.29) is 11.9 Å². The van der Waals surface area contributed by atoms with Gasteiger partial charge in [0.05, 0.1) is 0 Å². The third-order valence-corrected chi connectivity index (χ3v) is 3.13. The second-order valence-corrected chi connectivity index (χ2v) is 4.92. The molecule has 0 heterocycles. The summed E-state index contributed by atoms with van der Waals surface area (Å²) < 4.78 is 13.4. The van der Waals surface area contributed by atoms with Crippen LogP contribution in [0.25, 0.3) is 0 Å². The monoisotopic (exact) mass is 238 g/mol. The molecule has 0 aliphatic carbocycles. The van der Waals surface area contributed by atoms with Crippen molar-refractivity contribution >= 4 is 0 Å². The van der Waals surface area contributed by atoms with Crippen LogP contribution < -0.4 is 5.32 Å². The number of hydrogen-bond donors (Lipinski definition) is 1. The van der Waals surface area contributed by atoms with Crippen molar-refractivity contribution < 1.29 is 4.39 Å². The van der Waals surface area contributed by atoms with Gasteiger partial charge in [0.25, 0.3) is 0 Å². The Labute approximate surface area is 104 Å². The Bertz CT molecular complexity index is 339. The minimum atomic E-state index is -0.109. The van der Waals surface area contributed by atoms with Gasteiger partial charge >= 0.3 is 0 Å². The first-order valence-corrected chi connectivity index (χ1v) is 6.14. The van der Waals surface area contributed by atoms with Gasteiger partial charge < -0.3 is 10.2 Å². The first-order chi connectivity index (χ1) is 8.00. The number of rotatable bonds is 6. The van der Waals surface area contributed by atoms with E-state index in [0.29, 0.717) is 6.04 Å². The van der Waals surface area contributed by atoms with Gasteiger partial charge in [-0.25, -0.2) is 4.39 Å². The molecule has 0 aromatic heterocycles. The van der Waals surface area contributed by atoms with Crippen LogP contribution in [0.1, 0.15) is 19.4 Å². The molecule has 1 aromatic rings. The molecule has 1 N–H and O–H groups in total. The van der Waals surface area contributed by atoms with E-state index in [0.717, 1.165) is 18.5 Å². The van der Waals surface area contributed by atoms with Gasteiger partial charge in [0.1, 0.15) is 5.82 Å². The molecule has 2 nitrogen and oxygen atoms in total. The summed E-state index contributed by atoms with van der Waals surface area (Å²) in [6, 6.07) is 7.75. The molecular weight excluding hydrogens is 215 g/mol. The van der Waals surface area contributed by atoms with Crippen LogP contribution in [0.2, 0.25) is 0 Å². The van der Waals surface area contributed by atoms with Crippen LogP contribution in [-0.2, 0) is 6.42 Å². The molecular formula is C14H23FN2. The van der Waals surface area contributed by atoms with E-state index in [1.54, 1.807) is 6.07 Å². The minimum Gasteiger partial charge on any atom is -0.312 e. The van der Waals surface area contributed by atoms with Crippen LogP contribution in [0.5, 0.6) is 0 Å². The van der Waals surface area contributed by atoms with Gasteiger partial charge in [-0.2, -0.15) is 0 Å². The normalized spacial score (nSPS) is 14.9. The second-order valence-electron chi connectivity index (χ2n) is 4.92. The average molecular weight is 238 g/mol.